The topological polar surface area (TPSA) is 63.2 Å². The Morgan fingerprint density at radius 1 is 0.329 bits per heavy atom. The van der Waals surface area contributed by atoms with E-state index in [4.69, 9.17) is 15.0 Å². The van der Waals surface area contributed by atoms with Crippen molar-refractivity contribution in [2.24, 2.45) is 0 Å². The molecule has 15 rings (SSSR count). The lowest BCUT2D eigenvalue weighted by Gasteiger charge is -2.34. The third-order valence-corrected chi connectivity index (χ3v) is 14.0. The van der Waals surface area contributed by atoms with E-state index in [2.05, 4.69) is 275 Å². The van der Waals surface area contributed by atoms with E-state index in [0.29, 0.717) is 0 Å². The first kappa shape index (κ1) is 43.8. The summed E-state index contributed by atoms with van der Waals surface area (Å²) in [6.45, 7) is 10.9. The van der Waals surface area contributed by atoms with Gasteiger partial charge in [-0.2, -0.15) is 0 Å². The van der Waals surface area contributed by atoms with Crippen LogP contribution < -0.4 is 14.7 Å². The normalized spacial score (nSPS) is 12.7. The maximum atomic E-state index is 5.02. The predicted octanol–water partition coefficient (Wildman–Crippen LogP) is 16.6. The number of aryl methyl sites for hydroxylation is 2. The first-order chi connectivity index (χ1) is 35.8. The van der Waals surface area contributed by atoms with Crippen LogP contribution in [0.15, 0.2) is 218 Å². The third-order valence-electron chi connectivity index (χ3n) is 14.0. The summed E-state index contributed by atoms with van der Waals surface area (Å²) in [5.74, 6) is 3.23. The summed E-state index contributed by atoms with van der Waals surface area (Å²) in [6, 6.07) is 76.4. The molecular formula is C64H53N9. The van der Waals surface area contributed by atoms with Gasteiger partial charge in [0.25, 0.3) is 0 Å². The average Bonchev–Trinajstić information content (AvgIpc) is 4.14. The van der Waals surface area contributed by atoms with Crippen molar-refractivity contribution in [2.75, 3.05) is 14.7 Å². The van der Waals surface area contributed by atoms with Gasteiger partial charge in [0.05, 0.1) is 84.3 Å². The minimum Gasteiger partial charge on any atom is -0.306 e. The summed E-state index contributed by atoms with van der Waals surface area (Å²) >= 11 is 0. The fourth-order valence-corrected chi connectivity index (χ4v) is 11.0. The highest BCUT2D eigenvalue weighted by atomic mass is 15.3. The Labute approximate surface area is 425 Å². The molecule has 0 fully saturated rings. The highest BCUT2D eigenvalue weighted by Crippen LogP contribution is 2.50. The van der Waals surface area contributed by atoms with E-state index in [1.54, 1.807) is 0 Å². The first-order valence-electron chi connectivity index (χ1n) is 25.1. The highest BCUT2D eigenvalue weighted by molar-refractivity contribution is 6.04. The lowest BCUT2D eigenvalue weighted by molar-refractivity contribution is 0.539. The van der Waals surface area contributed by atoms with Crippen molar-refractivity contribution in [2.45, 2.75) is 46.5 Å². The molecule has 0 radical (unpaired) electrons. The van der Waals surface area contributed by atoms with E-state index in [9.17, 15) is 0 Å². The molecule has 9 aromatic carbocycles. The van der Waals surface area contributed by atoms with Gasteiger partial charge in [-0.25, -0.2) is 15.0 Å². The van der Waals surface area contributed by atoms with Crippen molar-refractivity contribution in [3.63, 3.8) is 0 Å². The van der Waals surface area contributed by atoms with Gasteiger partial charge in [-0.05, 0) is 116 Å². The summed E-state index contributed by atoms with van der Waals surface area (Å²) in [5, 5.41) is 0. The third kappa shape index (κ3) is 7.02. The second kappa shape index (κ2) is 17.3. The Balaban J connectivity index is 0.000000106. The van der Waals surface area contributed by atoms with Crippen LogP contribution in [-0.4, -0.2) is 28.7 Å². The predicted molar refractivity (Wildman–Crippen MR) is 301 cm³/mol. The summed E-state index contributed by atoms with van der Waals surface area (Å²) in [7, 11) is 0. The molecule has 3 aliphatic heterocycles. The molecule has 0 amide bonds. The Bertz CT molecular complexity index is 4030. The van der Waals surface area contributed by atoms with E-state index in [1.165, 1.54) is 73.4 Å². The molecule has 12 aromatic rings. The lowest BCUT2D eigenvalue weighted by Crippen LogP contribution is -2.23. The zero-order valence-electron chi connectivity index (χ0n) is 41.5. The van der Waals surface area contributed by atoms with Crippen LogP contribution in [0.3, 0.4) is 0 Å². The van der Waals surface area contributed by atoms with Crippen molar-refractivity contribution in [3.8, 4) is 17.1 Å². The number of benzene rings is 9. The maximum absolute atomic E-state index is 5.02. The highest BCUT2D eigenvalue weighted by Gasteiger charge is 2.33. The van der Waals surface area contributed by atoms with E-state index in [0.717, 1.165) is 51.8 Å². The number of nitrogens with zero attached hydrogens (tertiary/aromatic N) is 9. The van der Waals surface area contributed by atoms with Crippen LogP contribution in [0.2, 0.25) is 0 Å². The van der Waals surface area contributed by atoms with Crippen molar-refractivity contribution in [1.29, 1.82) is 0 Å². The van der Waals surface area contributed by atoms with Gasteiger partial charge in [0.1, 0.15) is 17.5 Å². The lowest BCUT2D eigenvalue weighted by atomic mass is 9.95. The monoisotopic (exact) mass is 947 g/mol. The molecule has 0 saturated heterocycles. The van der Waals surface area contributed by atoms with E-state index >= 15 is 0 Å². The second-order valence-corrected chi connectivity index (χ2v) is 19.6. The van der Waals surface area contributed by atoms with Gasteiger partial charge >= 0.3 is 0 Å². The van der Waals surface area contributed by atoms with Gasteiger partial charge in [-0.15, -0.1) is 0 Å². The molecule has 73 heavy (non-hydrogen) atoms. The Hall–Kier alpha value is -9.21. The molecule has 0 unspecified atom stereocenters. The molecule has 0 saturated carbocycles. The van der Waals surface area contributed by atoms with Gasteiger partial charge in [0.2, 0.25) is 0 Å². The zero-order valence-corrected chi connectivity index (χ0v) is 41.5. The van der Waals surface area contributed by atoms with Gasteiger partial charge in [-0.1, -0.05) is 137 Å². The summed E-state index contributed by atoms with van der Waals surface area (Å²) in [6.07, 6.45) is 0.911. The fraction of sp³-hybridized carbons (Fsp3) is 0.109. The van der Waals surface area contributed by atoms with E-state index in [1.807, 2.05) is 6.07 Å². The van der Waals surface area contributed by atoms with E-state index in [-0.39, 0.29) is 5.41 Å². The van der Waals surface area contributed by atoms with Crippen molar-refractivity contribution in [1.82, 2.24) is 28.7 Å². The van der Waals surface area contributed by atoms with Gasteiger partial charge < -0.3 is 14.7 Å². The van der Waals surface area contributed by atoms with Gasteiger partial charge in [0.15, 0.2) is 0 Å². The zero-order chi connectivity index (χ0) is 49.4. The number of hydrogen-bond donors (Lipinski definition) is 0. The van der Waals surface area contributed by atoms with Crippen LogP contribution in [0.1, 0.15) is 45.2 Å². The standard InChI is InChI=1S/C23H21N3.C21H17N3.C20H15N3/c1-23(2,3)22-24-17-12-9-15-20-21(17)26(22)19-14-8-7-13-18(19)25(20)16-10-5-4-6-11-16;1-2-20-22-16-11-8-14-19-21(16)24(20)18-13-7-6-12-17(18)23(19)15-9-4-3-5-10-15;1-14-21-16-10-7-13-19-20(16)22(14)17-11-5-6-12-18(17)23(19)15-8-3-2-4-9-15/h4-15H,1-3H3;3-14H,2H2,1H3;2-13H,1H3. The van der Waals surface area contributed by atoms with E-state index < -0.39 is 0 Å². The van der Waals surface area contributed by atoms with Gasteiger partial charge in [0, 0.05) is 28.9 Å². The number of hydrogen-bond acceptors (Lipinski definition) is 6. The minimum absolute atomic E-state index is 0.0433. The van der Waals surface area contributed by atoms with Crippen molar-refractivity contribution < 1.29 is 0 Å². The maximum Gasteiger partial charge on any atom is 0.120 e. The molecule has 0 aliphatic carbocycles. The summed E-state index contributed by atoms with van der Waals surface area (Å²) in [5.41, 5.74) is 20.8. The quantitative estimate of drug-likeness (QED) is 0.175. The SMILES string of the molecule is CC(C)(C)c1nc2cccc3c2n1-c1ccccc1N3c1ccccc1.CCc1nc2cccc3c2n1-c1ccccc1N3c1ccccc1.Cc1nc2cccc3c2n1-c1ccccc1N3c1ccccc1. The molecule has 0 N–H and O–H groups in total. The van der Waals surface area contributed by atoms with Crippen LogP contribution >= 0.6 is 0 Å². The first-order valence-corrected chi connectivity index (χ1v) is 25.1. The smallest absolute Gasteiger partial charge is 0.120 e. The minimum atomic E-state index is -0.0433. The molecular weight excluding hydrogens is 895 g/mol. The number of fused-ring (bicyclic) bond motifs is 6. The molecule has 3 aliphatic rings. The van der Waals surface area contributed by atoms with Crippen molar-refractivity contribution in [3.05, 3.63) is 236 Å². The largest absolute Gasteiger partial charge is 0.306 e. The van der Waals surface area contributed by atoms with Crippen LogP contribution in [0.4, 0.5) is 51.2 Å². The van der Waals surface area contributed by atoms with Crippen LogP contribution in [-0.2, 0) is 11.8 Å². The molecule has 0 bridgehead atoms. The second-order valence-electron chi connectivity index (χ2n) is 19.6. The summed E-state index contributed by atoms with van der Waals surface area (Å²) in [4.78, 5) is 21.6. The van der Waals surface area contributed by atoms with Crippen LogP contribution in [0, 0.1) is 6.92 Å². The Morgan fingerprint density at radius 2 is 0.658 bits per heavy atom. The molecule has 6 heterocycles. The number of para-hydroxylation sites is 12. The molecule has 9 heteroatoms. The van der Waals surface area contributed by atoms with Gasteiger partial charge in [-0.3, -0.25) is 13.7 Å². The Morgan fingerprint density at radius 3 is 1.08 bits per heavy atom. The Kier molecular flexibility index (Phi) is 10.4. The number of aromatic nitrogens is 6. The average molecular weight is 948 g/mol. The number of anilines is 9. The molecule has 354 valence electrons. The fourth-order valence-electron chi connectivity index (χ4n) is 11.0. The molecule has 0 atom stereocenters. The summed E-state index contributed by atoms with van der Waals surface area (Å²) < 4.78 is 6.93. The van der Waals surface area contributed by atoms with Crippen LogP contribution in [0.25, 0.3) is 50.2 Å². The molecule has 9 nitrogen and oxygen atoms in total. The number of rotatable bonds is 4. The van der Waals surface area contributed by atoms with Crippen LogP contribution in [0.5, 0.6) is 0 Å². The molecule has 0 spiro atoms. The molecule has 3 aromatic heterocycles. The number of imidazole rings is 3. The van der Waals surface area contributed by atoms with Crippen molar-refractivity contribution >= 4 is 84.3 Å².